The summed E-state index contributed by atoms with van der Waals surface area (Å²) in [4.78, 5) is 13.3. The molecule has 2 heterocycles. The average Bonchev–Trinajstić information content (AvgIpc) is 3.41. The molecule has 1 aliphatic carbocycles. The van der Waals surface area contributed by atoms with Gasteiger partial charge in [-0.15, -0.1) is 8.78 Å². The lowest BCUT2D eigenvalue weighted by atomic mass is 9.92. The van der Waals surface area contributed by atoms with E-state index in [1.54, 1.807) is 12.1 Å². The molecule has 1 aromatic heterocycles. The fourth-order valence-electron chi connectivity index (χ4n) is 4.73. The first-order valence-electron chi connectivity index (χ1n) is 11.6. The standard InChI is InChI=1S/C26H27F3N2O4/c1-24(2,3)22-12-15-11-18(17(27)14-19(15)31(22)9-4-10-32)30-23(33)25(7-8-25)16-5-6-20-21(13-16)35-26(28,29)34-20/h5-6,11-14,32H,4,7-10H2,1-3H3,(H,30,33). The predicted octanol–water partition coefficient (Wildman–Crippen LogP) is 5.45. The number of nitrogens with zero attached hydrogens (tertiary/aromatic N) is 1. The second kappa shape index (κ2) is 7.91. The molecule has 2 aliphatic rings. The highest BCUT2D eigenvalue weighted by molar-refractivity contribution is 6.02. The molecule has 35 heavy (non-hydrogen) atoms. The molecule has 0 bridgehead atoms. The van der Waals surface area contributed by atoms with Crippen LogP contribution in [0.5, 0.6) is 11.5 Å². The number of halogens is 3. The van der Waals surface area contributed by atoms with Gasteiger partial charge in [0.25, 0.3) is 0 Å². The third-order valence-corrected chi connectivity index (χ3v) is 6.69. The Balaban J connectivity index is 1.45. The lowest BCUT2D eigenvalue weighted by molar-refractivity contribution is -0.286. The van der Waals surface area contributed by atoms with Crippen LogP contribution in [0.25, 0.3) is 10.9 Å². The van der Waals surface area contributed by atoms with E-state index in [1.807, 2.05) is 10.6 Å². The molecule has 0 unspecified atom stereocenters. The van der Waals surface area contributed by atoms with Crippen LogP contribution < -0.4 is 14.8 Å². The van der Waals surface area contributed by atoms with Crippen molar-refractivity contribution in [3.8, 4) is 11.5 Å². The number of hydrogen-bond donors (Lipinski definition) is 2. The molecule has 6 nitrogen and oxygen atoms in total. The smallest absolute Gasteiger partial charge is 0.396 e. The minimum atomic E-state index is -3.74. The van der Waals surface area contributed by atoms with E-state index in [4.69, 9.17) is 0 Å². The number of nitrogens with one attached hydrogen (secondary N) is 1. The van der Waals surface area contributed by atoms with Crippen LogP contribution in [0, 0.1) is 5.82 Å². The molecule has 186 valence electrons. The fraction of sp³-hybridized carbons (Fsp3) is 0.423. The van der Waals surface area contributed by atoms with E-state index in [2.05, 4.69) is 35.6 Å². The van der Waals surface area contributed by atoms with E-state index in [1.165, 1.54) is 18.2 Å². The summed E-state index contributed by atoms with van der Waals surface area (Å²) in [6, 6.07) is 9.30. The van der Waals surface area contributed by atoms with Crippen LogP contribution in [0.2, 0.25) is 0 Å². The maximum atomic E-state index is 15.2. The first kappa shape index (κ1) is 23.5. The molecule has 1 fully saturated rings. The number of benzene rings is 2. The van der Waals surface area contributed by atoms with Crippen molar-refractivity contribution in [3.63, 3.8) is 0 Å². The van der Waals surface area contributed by atoms with Gasteiger partial charge in [-0.05, 0) is 49.1 Å². The van der Waals surface area contributed by atoms with Crippen molar-refractivity contribution in [2.24, 2.45) is 0 Å². The van der Waals surface area contributed by atoms with E-state index in [0.717, 1.165) is 11.1 Å². The summed E-state index contributed by atoms with van der Waals surface area (Å²) in [6.07, 6.45) is -2.19. The summed E-state index contributed by atoms with van der Waals surface area (Å²) in [7, 11) is 0. The number of aromatic nitrogens is 1. The molecule has 0 saturated heterocycles. The number of rotatable bonds is 6. The van der Waals surface area contributed by atoms with Crippen LogP contribution in [0.3, 0.4) is 0 Å². The minimum absolute atomic E-state index is 0.0272. The number of anilines is 1. The van der Waals surface area contributed by atoms with Crippen molar-refractivity contribution in [3.05, 3.63) is 53.5 Å². The Morgan fingerprint density at radius 1 is 1.11 bits per heavy atom. The van der Waals surface area contributed by atoms with Gasteiger partial charge < -0.3 is 24.5 Å². The van der Waals surface area contributed by atoms with Gasteiger partial charge in [0.2, 0.25) is 5.91 Å². The second-order valence-corrected chi connectivity index (χ2v) is 10.3. The highest BCUT2D eigenvalue weighted by atomic mass is 19.3. The third-order valence-electron chi connectivity index (χ3n) is 6.69. The SMILES string of the molecule is CC(C)(C)c1cc2cc(NC(=O)C3(c4ccc5c(c4)OC(F)(F)O5)CC3)c(F)cc2n1CCCO. The van der Waals surface area contributed by atoms with E-state index in [-0.39, 0.29) is 29.2 Å². The summed E-state index contributed by atoms with van der Waals surface area (Å²) >= 11 is 0. The summed E-state index contributed by atoms with van der Waals surface area (Å²) in [5.74, 6) is -1.20. The van der Waals surface area contributed by atoms with Gasteiger partial charge in [-0.3, -0.25) is 4.79 Å². The highest BCUT2D eigenvalue weighted by Crippen LogP contribution is 2.52. The molecule has 1 amide bonds. The molecule has 0 atom stereocenters. The summed E-state index contributed by atoms with van der Waals surface area (Å²) in [6.45, 7) is 6.76. The fourth-order valence-corrected chi connectivity index (χ4v) is 4.73. The average molecular weight is 489 g/mol. The zero-order valence-electron chi connectivity index (χ0n) is 19.8. The molecular weight excluding hydrogens is 461 g/mol. The van der Waals surface area contributed by atoms with E-state index in [9.17, 15) is 18.7 Å². The maximum absolute atomic E-state index is 15.2. The topological polar surface area (TPSA) is 72.7 Å². The van der Waals surface area contributed by atoms with Crippen molar-refractivity contribution in [2.75, 3.05) is 11.9 Å². The third kappa shape index (κ3) is 4.11. The molecule has 0 radical (unpaired) electrons. The van der Waals surface area contributed by atoms with Gasteiger partial charge in [-0.2, -0.15) is 0 Å². The Kier molecular flexibility index (Phi) is 5.32. The largest absolute Gasteiger partial charge is 0.586 e. The Morgan fingerprint density at radius 3 is 2.49 bits per heavy atom. The van der Waals surface area contributed by atoms with E-state index in [0.29, 0.717) is 36.9 Å². The molecule has 2 aromatic carbocycles. The summed E-state index contributed by atoms with van der Waals surface area (Å²) < 4.78 is 52.9. The van der Waals surface area contributed by atoms with E-state index >= 15 is 4.39 Å². The number of fused-ring (bicyclic) bond motifs is 2. The van der Waals surface area contributed by atoms with Crippen molar-refractivity contribution in [1.82, 2.24) is 4.57 Å². The summed E-state index contributed by atoms with van der Waals surface area (Å²) in [5, 5.41) is 12.8. The van der Waals surface area contributed by atoms with Crippen molar-refractivity contribution in [1.29, 1.82) is 0 Å². The van der Waals surface area contributed by atoms with Gasteiger partial charge in [0, 0.05) is 35.7 Å². The Bertz CT molecular complexity index is 1320. The number of aliphatic hydroxyl groups excluding tert-OH is 1. The quantitative estimate of drug-likeness (QED) is 0.484. The molecule has 1 saturated carbocycles. The normalized spacial score (nSPS) is 17.6. The number of alkyl halides is 2. The molecule has 2 N–H and O–H groups in total. The van der Waals surface area contributed by atoms with Gasteiger partial charge in [-0.25, -0.2) is 4.39 Å². The Morgan fingerprint density at radius 2 is 1.83 bits per heavy atom. The first-order chi connectivity index (χ1) is 16.4. The molecule has 9 heteroatoms. The van der Waals surface area contributed by atoms with Crippen molar-refractivity contribution in [2.45, 2.75) is 63.7 Å². The molecular formula is C26H27F3N2O4. The van der Waals surface area contributed by atoms with Gasteiger partial charge in [-0.1, -0.05) is 26.8 Å². The number of amides is 1. The van der Waals surface area contributed by atoms with Crippen LogP contribution in [0.15, 0.2) is 36.4 Å². The Hall–Kier alpha value is -3.20. The maximum Gasteiger partial charge on any atom is 0.586 e. The Labute approximate surface area is 200 Å². The monoisotopic (exact) mass is 488 g/mol. The zero-order chi connectivity index (χ0) is 25.2. The lowest BCUT2D eigenvalue weighted by Crippen LogP contribution is -2.28. The number of carbonyl (C=O) groups is 1. The van der Waals surface area contributed by atoms with Gasteiger partial charge in [0.1, 0.15) is 5.82 Å². The number of aliphatic hydroxyl groups is 1. The van der Waals surface area contributed by atoms with Crippen molar-refractivity contribution >= 4 is 22.5 Å². The number of aryl methyl sites for hydroxylation is 1. The molecule has 0 spiro atoms. The molecule has 3 aromatic rings. The van der Waals surface area contributed by atoms with Crippen LogP contribution >= 0.6 is 0 Å². The highest BCUT2D eigenvalue weighted by Gasteiger charge is 2.53. The summed E-state index contributed by atoms with van der Waals surface area (Å²) in [5.41, 5.74) is 1.11. The number of ether oxygens (including phenoxy) is 2. The van der Waals surface area contributed by atoms with Crippen LogP contribution in [-0.2, 0) is 22.2 Å². The van der Waals surface area contributed by atoms with Crippen LogP contribution in [0.1, 0.15) is 51.3 Å². The van der Waals surface area contributed by atoms with Crippen LogP contribution in [-0.4, -0.2) is 28.5 Å². The lowest BCUT2D eigenvalue weighted by Gasteiger charge is -2.22. The van der Waals surface area contributed by atoms with Crippen LogP contribution in [0.4, 0.5) is 18.9 Å². The molecule has 1 aliphatic heterocycles. The van der Waals surface area contributed by atoms with Gasteiger partial charge >= 0.3 is 6.29 Å². The van der Waals surface area contributed by atoms with Gasteiger partial charge in [0.05, 0.1) is 16.6 Å². The number of carbonyl (C=O) groups excluding carboxylic acids is 1. The zero-order valence-corrected chi connectivity index (χ0v) is 19.8. The predicted molar refractivity (Wildman–Crippen MR) is 124 cm³/mol. The first-order valence-corrected chi connectivity index (χ1v) is 11.6. The molecule has 5 rings (SSSR count). The number of hydrogen-bond acceptors (Lipinski definition) is 4. The van der Waals surface area contributed by atoms with E-state index < -0.39 is 23.4 Å². The minimum Gasteiger partial charge on any atom is -0.396 e. The van der Waals surface area contributed by atoms with Gasteiger partial charge in [0.15, 0.2) is 11.5 Å². The second-order valence-electron chi connectivity index (χ2n) is 10.3. The van der Waals surface area contributed by atoms with Crippen molar-refractivity contribution < 1.29 is 32.5 Å².